The first-order chi connectivity index (χ1) is 13.2. The van der Waals surface area contributed by atoms with E-state index in [-0.39, 0.29) is 13.8 Å². The van der Waals surface area contributed by atoms with E-state index in [2.05, 4.69) is 73.3 Å². The summed E-state index contributed by atoms with van der Waals surface area (Å²) in [6, 6.07) is 19.4. The number of benzene rings is 3. The van der Waals surface area contributed by atoms with E-state index in [4.69, 9.17) is 9.31 Å². The van der Waals surface area contributed by atoms with Gasteiger partial charge >= 0.3 is 13.8 Å². The molecule has 3 nitrogen and oxygen atoms in total. The molecule has 0 spiro atoms. The maximum Gasteiger partial charge on any atom is 0.365 e. The average molecular weight is 353 g/mol. The molecule has 2 aliphatic heterocycles. The van der Waals surface area contributed by atoms with E-state index in [1.165, 1.54) is 50.0 Å². The van der Waals surface area contributed by atoms with Crippen molar-refractivity contribution in [2.45, 2.75) is 13.8 Å². The summed E-state index contributed by atoms with van der Waals surface area (Å²) in [4.78, 5) is 2.40. The van der Waals surface area contributed by atoms with E-state index >= 15 is 0 Å². The Morgan fingerprint density at radius 3 is 1.59 bits per heavy atom. The van der Waals surface area contributed by atoms with E-state index in [1.54, 1.807) is 14.2 Å². The number of aryl methyl sites for hydroxylation is 2. The molecule has 3 aromatic rings. The molecule has 0 saturated carbocycles. The monoisotopic (exact) mass is 353 g/mol. The lowest BCUT2D eigenvalue weighted by atomic mass is 9.44. The molecule has 0 N–H and O–H groups in total. The Labute approximate surface area is 161 Å². The first-order valence-electron chi connectivity index (χ1n) is 9.35. The molecular weight excluding hydrogens is 332 g/mol. The van der Waals surface area contributed by atoms with Crippen LogP contribution in [-0.2, 0) is 9.31 Å². The van der Waals surface area contributed by atoms with Gasteiger partial charge < -0.3 is 14.2 Å². The molecule has 0 atom stereocenters. The minimum Gasteiger partial charge on any atom is -0.430 e. The highest BCUT2D eigenvalue weighted by Crippen LogP contribution is 2.38. The van der Waals surface area contributed by atoms with Crippen LogP contribution in [0.15, 0.2) is 54.6 Å². The van der Waals surface area contributed by atoms with Crippen LogP contribution in [0, 0.1) is 13.8 Å². The molecule has 0 radical (unpaired) electrons. The molecule has 0 amide bonds. The van der Waals surface area contributed by atoms with Crippen molar-refractivity contribution in [1.29, 1.82) is 0 Å². The Balaban J connectivity index is 1.95. The quantitative estimate of drug-likeness (QED) is 0.657. The summed E-state index contributed by atoms with van der Waals surface area (Å²) in [5.74, 6) is 0. The lowest BCUT2D eigenvalue weighted by molar-refractivity contribution is 0.437. The number of fused-ring (bicyclic) bond motifs is 4. The Morgan fingerprint density at radius 2 is 1.15 bits per heavy atom. The SMILES string of the molecule is COB1c2ccccc2N2c3ccccc3B(OC)c3c(C)cc(C)c1c32. The molecular formula is C22H21B2NO2. The van der Waals surface area contributed by atoms with Gasteiger partial charge in [0.1, 0.15) is 0 Å². The van der Waals surface area contributed by atoms with Gasteiger partial charge in [0.05, 0.1) is 0 Å². The molecule has 0 unspecified atom stereocenters. The van der Waals surface area contributed by atoms with Gasteiger partial charge in [0, 0.05) is 31.3 Å². The summed E-state index contributed by atoms with van der Waals surface area (Å²) in [7, 11) is 3.60. The van der Waals surface area contributed by atoms with Gasteiger partial charge in [-0.05, 0) is 47.8 Å². The van der Waals surface area contributed by atoms with Crippen LogP contribution in [0.4, 0.5) is 17.1 Å². The normalized spacial score (nSPS) is 14.0. The highest BCUT2D eigenvalue weighted by atomic mass is 16.4. The van der Waals surface area contributed by atoms with Gasteiger partial charge in [0.25, 0.3) is 0 Å². The van der Waals surface area contributed by atoms with E-state index in [0.717, 1.165) is 0 Å². The van der Waals surface area contributed by atoms with Crippen LogP contribution in [0.25, 0.3) is 0 Å². The average Bonchev–Trinajstić information content (AvgIpc) is 2.70. The van der Waals surface area contributed by atoms with E-state index in [1.807, 2.05) is 0 Å². The van der Waals surface area contributed by atoms with E-state index in [0.29, 0.717) is 0 Å². The third kappa shape index (κ3) is 2.13. The molecule has 5 rings (SSSR count). The third-order valence-electron chi connectivity index (χ3n) is 5.93. The number of anilines is 3. The van der Waals surface area contributed by atoms with Crippen molar-refractivity contribution in [2.75, 3.05) is 19.1 Å². The molecule has 0 aromatic heterocycles. The Bertz CT molecular complexity index is 986. The summed E-state index contributed by atoms with van der Waals surface area (Å²) in [6.07, 6.45) is 0. The van der Waals surface area contributed by atoms with Crippen LogP contribution in [-0.4, -0.2) is 28.1 Å². The highest BCUT2D eigenvalue weighted by molar-refractivity contribution is 6.89. The van der Waals surface area contributed by atoms with Gasteiger partial charge in [-0.2, -0.15) is 0 Å². The maximum absolute atomic E-state index is 6.03. The summed E-state index contributed by atoms with van der Waals surface area (Å²) < 4.78 is 12.1. The number of hydrogen-bond acceptors (Lipinski definition) is 3. The van der Waals surface area contributed by atoms with Gasteiger partial charge in [-0.15, -0.1) is 0 Å². The second-order valence-electron chi connectivity index (χ2n) is 7.37. The van der Waals surface area contributed by atoms with E-state index in [9.17, 15) is 0 Å². The molecule has 132 valence electrons. The van der Waals surface area contributed by atoms with Crippen LogP contribution in [0.2, 0.25) is 0 Å². The maximum atomic E-state index is 6.03. The Hall–Kier alpha value is -2.49. The Morgan fingerprint density at radius 1 is 0.704 bits per heavy atom. The van der Waals surface area contributed by atoms with E-state index < -0.39 is 0 Å². The van der Waals surface area contributed by atoms with Crippen LogP contribution in [0.5, 0.6) is 0 Å². The summed E-state index contributed by atoms with van der Waals surface area (Å²) in [5, 5.41) is 0. The number of nitrogens with zero attached hydrogens (tertiary/aromatic N) is 1. The van der Waals surface area contributed by atoms with Crippen LogP contribution < -0.4 is 26.8 Å². The highest BCUT2D eigenvalue weighted by Gasteiger charge is 2.44. The molecule has 0 aliphatic carbocycles. The summed E-state index contributed by atoms with van der Waals surface area (Å²) in [5.41, 5.74) is 11.0. The fraction of sp³-hybridized carbons (Fsp3) is 0.182. The number of para-hydroxylation sites is 2. The molecule has 3 aromatic carbocycles. The zero-order chi connectivity index (χ0) is 18.7. The van der Waals surface area contributed by atoms with Gasteiger partial charge in [0.15, 0.2) is 0 Å². The standard InChI is InChI=1S/C22H21B2NO2/c1-14-13-15(2)21-22-20(14)23(26-3)16-9-5-7-11-18(16)25(22)19-12-8-6-10-17(19)24(21)27-4/h5-13H,1-4H3. The molecule has 5 heteroatoms. The van der Waals surface area contributed by atoms with Crippen molar-refractivity contribution in [1.82, 2.24) is 0 Å². The lowest BCUT2D eigenvalue weighted by Crippen LogP contribution is -2.61. The zero-order valence-corrected chi connectivity index (χ0v) is 16.1. The van der Waals surface area contributed by atoms with Gasteiger partial charge in [-0.3, -0.25) is 0 Å². The lowest BCUT2D eigenvalue weighted by Gasteiger charge is -2.43. The molecule has 2 heterocycles. The molecule has 2 aliphatic rings. The van der Waals surface area contributed by atoms with Crippen molar-refractivity contribution in [3.63, 3.8) is 0 Å². The smallest absolute Gasteiger partial charge is 0.365 e. The Kier molecular flexibility index (Phi) is 3.71. The van der Waals surface area contributed by atoms with Crippen LogP contribution >= 0.6 is 0 Å². The third-order valence-corrected chi connectivity index (χ3v) is 5.93. The zero-order valence-electron chi connectivity index (χ0n) is 16.1. The predicted octanol–water partition coefficient (Wildman–Crippen LogP) is 1.90. The van der Waals surface area contributed by atoms with Gasteiger partial charge in [-0.1, -0.05) is 53.6 Å². The van der Waals surface area contributed by atoms with Gasteiger partial charge in [-0.25, -0.2) is 0 Å². The van der Waals surface area contributed by atoms with Crippen molar-refractivity contribution >= 4 is 52.7 Å². The minimum atomic E-state index is -0.0745. The number of rotatable bonds is 2. The molecule has 27 heavy (non-hydrogen) atoms. The van der Waals surface area contributed by atoms with Crippen molar-refractivity contribution in [2.24, 2.45) is 0 Å². The predicted molar refractivity (Wildman–Crippen MR) is 115 cm³/mol. The fourth-order valence-corrected chi connectivity index (χ4v) is 4.90. The first kappa shape index (κ1) is 16.7. The summed E-state index contributed by atoms with van der Waals surface area (Å²) >= 11 is 0. The van der Waals surface area contributed by atoms with Crippen LogP contribution in [0.1, 0.15) is 11.1 Å². The van der Waals surface area contributed by atoms with Crippen molar-refractivity contribution in [3.8, 4) is 0 Å². The largest absolute Gasteiger partial charge is 0.430 e. The molecule has 0 bridgehead atoms. The van der Waals surface area contributed by atoms with Crippen LogP contribution in [0.3, 0.4) is 0 Å². The minimum absolute atomic E-state index is 0.0745. The molecule has 0 saturated heterocycles. The second kappa shape index (κ2) is 6.01. The molecule has 0 fully saturated rings. The van der Waals surface area contributed by atoms with Gasteiger partial charge in [0.2, 0.25) is 0 Å². The number of hydrogen-bond donors (Lipinski definition) is 0. The van der Waals surface area contributed by atoms with Crippen molar-refractivity contribution in [3.05, 3.63) is 65.7 Å². The fourth-order valence-electron chi connectivity index (χ4n) is 4.90. The van der Waals surface area contributed by atoms with Crippen molar-refractivity contribution < 1.29 is 9.31 Å². The second-order valence-corrected chi connectivity index (χ2v) is 7.37. The topological polar surface area (TPSA) is 21.7 Å². The first-order valence-corrected chi connectivity index (χ1v) is 9.35. The summed E-state index contributed by atoms with van der Waals surface area (Å²) in [6.45, 7) is 4.22.